The highest BCUT2D eigenvalue weighted by Crippen LogP contribution is 2.15. The number of carbonyl (C=O) groups excluding carboxylic acids is 1. The first-order valence-corrected chi connectivity index (χ1v) is 8.07. The minimum Gasteiger partial charge on any atom is -0.475 e. The Hall–Kier alpha value is -2.70. The van der Waals surface area contributed by atoms with Crippen molar-refractivity contribution >= 4 is 11.7 Å². The van der Waals surface area contributed by atoms with E-state index >= 15 is 0 Å². The third-order valence-corrected chi connectivity index (χ3v) is 3.74. The van der Waals surface area contributed by atoms with Crippen LogP contribution in [0, 0.1) is 0 Å². The van der Waals surface area contributed by atoms with Gasteiger partial charge in [0.05, 0.1) is 12.3 Å². The van der Waals surface area contributed by atoms with Gasteiger partial charge in [0.1, 0.15) is 11.5 Å². The Bertz CT molecular complexity index is 684. The number of anilines is 1. The van der Waals surface area contributed by atoms with E-state index in [0.717, 1.165) is 18.9 Å². The van der Waals surface area contributed by atoms with Gasteiger partial charge in [0.15, 0.2) is 0 Å². The summed E-state index contributed by atoms with van der Waals surface area (Å²) < 4.78 is 5.56. The van der Waals surface area contributed by atoms with Crippen molar-refractivity contribution in [1.82, 2.24) is 19.9 Å². The summed E-state index contributed by atoms with van der Waals surface area (Å²) >= 11 is 0. The highest BCUT2D eigenvalue weighted by Gasteiger charge is 2.24. The van der Waals surface area contributed by atoms with Gasteiger partial charge < -0.3 is 14.5 Å². The molecule has 7 heteroatoms. The van der Waals surface area contributed by atoms with Crippen LogP contribution in [0.5, 0.6) is 5.88 Å². The van der Waals surface area contributed by atoms with Crippen molar-refractivity contribution in [3.05, 3.63) is 42.5 Å². The molecular formula is C17H21N5O2. The number of nitrogens with zero attached hydrogens (tertiary/aromatic N) is 5. The number of piperazine rings is 1. The molecule has 0 spiro atoms. The van der Waals surface area contributed by atoms with Crippen LogP contribution in [0.4, 0.5) is 5.82 Å². The lowest BCUT2D eigenvalue weighted by Gasteiger charge is -2.35. The molecule has 2 aromatic rings. The first kappa shape index (κ1) is 16.2. The van der Waals surface area contributed by atoms with Crippen LogP contribution in [-0.2, 0) is 0 Å². The predicted molar refractivity (Wildman–Crippen MR) is 90.1 cm³/mol. The van der Waals surface area contributed by atoms with Gasteiger partial charge in [-0.2, -0.15) is 0 Å². The molecule has 0 radical (unpaired) electrons. The minimum absolute atomic E-state index is 0.0263. The van der Waals surface area contributed by atoms with Crippen LogP contribution >= 0.6 is 0 Å². The van der Waals surface area contributed by atoms with Crippen LogP contribution in [0.2, 0.25) is 0 Å². The summed E-state index contributed by atoms with van der Waals surface area (Å²) in [6.07, 6.45) is 5.10. The van der Waals surface area contributed by atoms with Gasteiger partial charge in [-0.25, -0.2) is 9.97 Å². The monoisotopic (exact) mass is 327 g/mol. The SMILES string of the molecule is CC(C)Oc1cccc(C(=O)N2CCN(c3cnccn3)CC2)n1. The van der Waals surface area contributed by atoms with E-state index in [1.165, 1.54) is 0 Å². The molecule has 2 aromatic heterocycles. The van der Waals surface area contributed by atoms with Gasteiger partial charge in [-0.3, -0.25) is 9.78 Å². The maximum absolute atomic E-state index is 12.6. The van der Waals surface area contributed by atoms with E-state index in [-0.39, 0.29) is 12.0 Å². The van der Waals surface area contributed by atoms with Crippen molar-refractivity contribution in [3.8, 4) is 5.88 Å². The van der Waals surface area contributed by atoms with Crippen molar-refractivity contribution in [3.63, 3.8) is 0 Å². The molecule has 1 saturated heterocycles. The lowest BCUT2D eigenvalue weighted by molar-refractivity contribution is 0.0738. The van der Waals surface area contributed by atoms with E-state index in [0.29, 0.717) is 24.7 Å². The predicted octanol–water partition coefficient (Wildman–Crippen LogP) is 1.62. The molecule has 1 aliphatic heterocycles. The molecule has 1 fully saturated rings. The fraction of sp³-hybridized carbons (Fsp3) is 0.412. The fourth-order valence-corrected chi connectivity index (χ4v) is 2.60. The van der Waals surface area contributed by atoms with E-state index in [2.05, 4.69) is 19.9 Å². The zero-order chi connectivity index (χ0) is 16.9. The average Bonchev–Trinajstić information content (AvgIpc) is 2.62. The number of pyridine rings is 1. The summed E-state index contributed by atoms with van der Waals surface area (Å²) in [5, 5.41) is 0. The molecule has 3 rings (SSSR count). The molecule has 1 aliphatic rings. The van der Waals surface area contributed by atoms with Crippen LogP contribution < -0.4 is 9.64 Å². The Kier molecular flexibility index (Phi) is 4.88. The van der Waals surface area contributed by atoms with Crippen molar-refractivity contribution in [1.29, 1.82) is 0 Å². The van der Waals surface area contributed by atoms with Gasteiger partial charge in [0.2, 0.25) is 5.88 Å². The number of amides is 1. The Balaban J connectivity index is 1.63. The zero-order valence-electron chi connectivity index (χ0n) is 13.9. The standard InChI is InChI=1S/C17H21N5O2/c1-13(2)24-16-5-3-4-14(20-16)17(23)22-10-8-21(9-11-22)15-12-18-6-7-19-15/h3-7,12-13H,8-11H2,1-2H3. The van der Waals surface area contributed by atoms with Gasteiger partial charge in [-0.05, 0) is 19.9 Å². The number of rotatable bonds is 4. The second kappa shape index (κ2) is 7.25. The second-order valence-electron chi connectivity index (χ2n) is 5.87. The number of hydrogen-bond donors (Lipinski definition) is 0. The number of aromatic nitrogens is 3. The molecule has 0 aliphatic carbocycles. The molecule has 7 nitrogen and oxygen atoms in total. The average molecular weight is 327 g/mol. The van der Waals surface area contributed by atoms with Crippen LogP contribution in [0.15, 0.2) is 36.8 Å². The normalized spacial score (nSPS) is 14.8. The molecule has 0 aromatic carbocycles. The number of carbonyl (C=O) groups is 1. The quantitative estimate of drug-likeness (QED) is 0.850. The van der Waals surface area contributed by atoms with E-state index in [4.69, 9.17) is 4.74 Å². The zero-order valence-corrected chi connectivity index (χ0v) is 13.9. The minimum atomic E-state index is -0.0667. The lowest BCUT2D eigenvalue weighted by atomic mass is 10.2. The summed E-state index contributed by atoms with van der Waals surface area (Å²) in [4.78, 5) is 29.3. The smallest absolute Gasteiger partial charge is 0.272 e. The van der Waals surface area contributed by atoms with Crippen LogP contribution in [0.3, 0.4) is 0 Å². The molecule has 0 saturated carbocycles. The summed E-state index contributed by atoms with van der Waals surface area (Å²) in [6, 6.07) is 5.29. The highest BCUT2D eigenvalue weighted by atomic mass is 16.5. The molecule has 0 atom stereocenters. The molecular weight excluding hydrogens is 306 g/mol. The van der Waals surface area contributed by atoms with Crippen LogP contribution in [0.25, 0.3) is 0 Å². The second-order valence-corrected chi connectivity index (χ2v) is 5.87. The van der Waals surface area contributed by atoms with E-state index < -0.39 is 0 Å². The van der Waals surface area contributed by atoms with Crippen molar-refractivity contribution < 1.29 is 9.53 Å². The van der Waals surface area contributed by atoms with Gasteiger partial charge in [-0.15, -0.1) is 0 Å². The Morgan fingerprint density at radius 1 is 1.17 bits per heavy atom. The number of ether oxygens (including phenoxy) is 1. The number of hydrogen-bond acceptors (Lipinski definition) is 6. The molecule has 0 unspecified atom stereocenters. The Morgan fingerprint density at radius 2 is 1.96 bits per heavy atom. The maximum atomic E-state index is 12.6. The summed E-state index contributed by atoms with van der Waals surface area (Å²) in [7, 11) is 0. The third kappa shape index (κ3) is 3.79. The summed E-state index contributed by atoms with van der Waals surface area (Å²) in [6.45, 7) is 6.59. The van der Waals surface area contributed by atoms with Crippen molar-refractivity contribution in [2.45, 2.75) is 20.0 Å². The van der Waals surface area contributed by atoms with E-state index in [9.17, 15) is 4.79 Å². The summed E-state index contributed by atoms with van der Waals surface area (Å²) in [5.74, 6) is 1.26. The van der Waals surface area contributed by atoms with Crippen LogP contribution in [0.1, 0.15) is 24.3 Å². The Morgan fingerprint density at radius 3 is 2.62 bits per heavy atom. The highest BCUT2D eigenvalue weighted by molar-refractivity contribution is 5.92. The topological polar surface area (TPSA) is 71.5 Å². The first-order valence-electron chi connectivity index (χ1n) is 8.07. The molecule has 1 amide bonds. The maximum Gasteiger partial charge on any atom is 0.272 e. The van der Waals surface area contributed by atoms with Crippen molar-refractivity contribution in [2.24, 2.45) is 0 Å². The van der Waals surface area contributed by atoms with Gasteiger partial charge in [0.25, 0.3) is 5.91 Å². The van der Waals surface area contributed by atoms with Gasteiger partial charge >= 0.3 is 0 Å². The molecule has 3 heterocycles. The first-order chi connectivity index (χ1) is 11.6. The molecule has 0 N–H and O–H groups in total. The Labute approximate surface area is 141 Å². The molecule has 24 heavy (non-hydrogen) atoms. The lowest BCUT2D eigenvalue weighted by Crippen LogP contribution is -2.49. The van der Waals surface area contributed by atoms with E-state index in [1.54, 1.807) is 36.8 Å². The third-order valence-electron chi connectivity index (χ3n) is 3.74. The summed E-state index contributed by atoms with van der Waals surface area (Å²) in [5.41, 5.74) is 0.418. The fourth-order valence-electron chi connectivity index (χ4n) is 2.60. The van der Waals surface area contributed by atoms with Crippen LogP contribution in [-0.4, -0.2) is 58.0 Å². The van der Waals surface area contributed by atoms with Gasteiger partial charge in [0, 0.05) is 44.6 Å². The van der Waals surface area contributed by atoms with Crippen molar-refractivity contribution in [2.75, 3.05) is 31.1 Å². The molecule has 126 valence electrons. The van der Waals surface area contributed by atoms with Gasteiger partial charge in [-0.1, -0.05) is 6.07 Å². The largest absolute Gasteiger partial charge is 0.475 e. The molecule has 0 bridgehead atoms. The van der Waals surface area contributed by atoms with E-state index in [1.807, 2.05) is 18.7 Å².